The van der Waals surface area contributed by atoms with Crippen LogP contribution in [0.1, 0.15) is 33.6 Å². The highest BCUT2D eigenvalue weighted by Gasteiger charge is 2.20. The van der Waals surface area contributed by atoms with Gasteiger partial charge in [-0.05, 0) is 37.1 Å². The maximum absolute atomic E-state index is 12.1. The van der Waals surface area contributed by atoms with E-state index in [1.807, 2.05) is 20.8 Å². The average molecular weight is 315 g/mol. The second-order valence-electron chi connectivity index (χ2n) is 4.90. The molecule has 5 nitrogen and oxygen atoms in total. The zero-order valence-corrected chi connectivity index (χ0v) is 13.7. The number of hydrogen-bond acceptors (Lipinski definition) is 4. The van der Waals surface area contributed by atoms with Gasteiger partial charge in [-0.15, -0.1) is 0 Å². The molecule has 6 heteroatoms. The van der Waals surface area contributed by atoms with Gasteiger partial charge in [0.2, 0.25) is 10.0 Å². The second-order valence-corrected chi connectivity index (χ2v) is 6.67. The summed E-state index contributed by atoms with van der Waals surface area (Å²) in [5, 5.41) is 9.99. The number of hydrogen-bond donors (Lipinski definition) is 2. The SMILES string of the molecule is CCOc1ccc(S(=O)(=O)NCC(O)C(CC)CC)cc1. The minimum absolute atomic E-state index is 0.0297. The third-order valence-corrected chi connectivity index (χ3v) is 4.96. The molecule has 0 aliphatic heterocycles. The minimum atomic E-state index is -3.60. The van der Waals surface area contributed by atoms with Gasteiger partial charge in [0.15, 0.2) is 0 Å². The molecular formula is C15H25NO4S. The maximum atomic E-state index is 12.1. The highest BCUT2D eigenvalue weighted by Crippen LogP contribution is 2.17. The van der Waals surface area contributed by atoms with Crippen molar-refractivity contribution in [1.82, 2.24) is 4.72 Å². The van der Waals surface area contributed by atoms with Crippen LogP contribution in [0.3, 0.4) is 0 Å². The summed E-state index contributed by atoms with van der Waals surface area (Å²) >= 11 is 0. The second kappa shape index (κ2) is 8.36. The van der Waals surface area contributed by atoms with Crippen LogP contribution in [-0.4, -0.2) is 32.8 Å². The van der Waals surface area contributed by atoms with Gasteiger partial charge in [-0.1, -0.05) is 26.7 Å². The van der Waals surface area contributed by atoms with Crippen LogP contribution in [0.4, 0.5) is 0 Å². The van der Waals surface area contributed by atoms with Crippen molar-refractivity contribution in [2.75, 3.05) is 13.2 Å². The number of benzene rings is 1. The smallest absolute Gasteiger partial charge is 0.240 e. The van der Waals surface area contributed by atoms with Crippen molar-refractivity contribution in [3.8, 4) is 5.75 Å². The first kappa shape index (κ1) is 17.9. The van der Waals surface area contributed by atoms with E-state index in [1.165, 1.54) is 12.1 Å². The summed E-state index contributed by atoms with van der Waals surface area (Å²) in [6, 6.07) is 6.23. The van der Waals surface area contributed by atoms with Crippen molar-refractivity contribution in [1.29, 1.82) is 0 Å². The van der Waals surface area contributed by atoms with Gasteiger partial charge >= 0.3 is 0 Å². The number of rotatable bonds is 9. The monoisotopic (exact) mass is 315 g/mol. The topological polar surface area (TPSA) is 75.6 Å². The fourth-order valence-electron chi connectivity index (χ4n) is 2.16. The molecule has 0 fully saturated rings. The van der Waals surface area contributed by atoms with Crippen molar-refractivity contribution < 1.29 is 18.3 Å². The lowest BCUT2D eigenvalue weighted by Crippen LogP contribution is -2.36. The molecule has 0 aliphatic carbocycles. The van der Waals surface area contributed by atoms with Gasteiger partial charge in [-0.2, -0.15) is 0 Å². The Morgan fingerprint density at radius 1 is 1.14 bits per heavy atom. The lowest BCUT2D eigenvalue weighted by Gasteiger charge is -2.20. The first-order chi connectivity index (χ1) is 9.94. The molecule has 2 N–H and O–H groups in total. The maximum Gasteiger partial charge on any atom is 0.240 e. The molecule has 0 saturated heterocycles. The Balaban J connectivity index is 2.68. The number of aliphatic hydroxyl groups excluding tert-OH is 1. The van der Waals surface area contributed by atoms with Gasteiger partial charge < -0.3 is 9.84 Å². The van der Waals surface area contributed by atoms with Crippen LogP contribution in [0, 0.1) is 5.92 Å². The molecule has 0 radical (unpaired) electrons. The third kappa shape index (κ3) is 5.30. The van der Waals surface area contributed by atoms with Crippen molar-refractivity contribution >= 4 is 10.0 Å². The molecule has 0 heterocycles. The number of sulfonamides is 1. The Morgan fingerprint density at radius 3 is 2.19 bits per heavy atom. The highest BCUT2D eigenvalue weighted by molar-refractivity contribution is 7.89. The summed E-state index contributed by atoms with van der Waals surface area (Å²) in [6.07, 6.45) is 0.975. The largest absolute Gasteiger partial charge is 0.494 e. The van der Waals surface area contributed by atoms with E-state index in [2.05, 4.69) is 4.72 Å². The molecule has 120 valence electrons. The molecular weight excluding hydrogens is 290 g/mol. The van der Waals surface area contributed by atoms with Crippen LogP contribution in [0.15, 0.2) is 29.2 Å². The first-order valence-electron chi connectivity index (χ1n) is 7.35. The van der Waals surface area contributed by atoms with Gasteiger partial charge in [0.1, 0.15) is 5.75 Å². The third-order valence-electron chi connectivity index (χ3n) is 3.52. The normalized spacial score (nSPS) is 13.4. The van der Waals surface area contributed by atoms with E-state index in [-0.39, 0.29) is 17.4 Å². The molecule has 1 rings (SSSR count). The van der Waals surface area contributed by atoms with Crippen LogP contribution in [0.25, 0.3) is 0 Å². The van der Waals surface area contributed by atoms with Gasteiger partial charge in [0, 0.05) is 6.54 Å². The predicted octanol–water partition coefficient (Wildman–Crippen LogP) is 2.16. The average Bonchev–Trinajstić information content (AvgIpc) is 2.47. The predicted molar refractivity (Wildman–Crippen MR) is 82.9 cm³/mol. The highest BCUT2D eigenvalue weighted by atomic mass is 32.2. The molecule has 0 amide bonds. The molecule has 1 aromatic rings. The molecule has 0 aromatic heterocycles. The molecule has 0 bridgehead atoms. The van der Waals surface area contributed by atoms with Crippen LogP contribution in [-0.2, 0) is 10.0 Å². The quantitative estimate of drug-likeness (QED) is 0.732. The van der Waals surface area contributed by atoms with Crippen molar-refractivity contribution in [2.24, 2.45) is 5.92 Å². The number of aliphatic hydroxyl groups is 1. The number of ether oxygens (including phenoxy) is 1. The zero-order valence-electron chi connectivity index (χ0n) is 12.9. The fraction of sp³-hybridized carbons (Fsp3) is 0.600. The van der Waals surface area contributed by atoms with E-state index >= 15 is 0 Å². The van der Waals surface area contributed by atoms with Crippen LogP contribution in [0.5, 0.6) is 5.75 Å². The van der Waals surface area contributed by atoms with Crippen molar-refractivity contribution in [3.05, 3.63) is 24.3 Å². The van der Waals surface area contributed by atoms with E-state index in [1.54, 1.807) is 12.1 Å². The van der Waals surface area contributed by atoms with Crippen molar-refractivity contribution in [2.45, 2.75) is 44.6 Å². The van der Waals surface area contributed by atoms with E-state index in [4.69, 9.17) is 4.74 Å². The van der Waals surface area contributed by atoms with Gasteiger partial charge in [-0.3, -0.25) is 0 Å². The molecule has 21 heavy (non-hydrogen) atoms. The Labute approximate surface area is 127 Å². The Kier molecular flexibility index (Phi) is 7.14. The van der Waals surface area contributed by atoms with Crippen LogP contribution in [0.2, 0.25) is 0 Å². The van der Waals surface area contributed by atoms with Crippen molar-refractivity contribution in [3.63, 3.8) is 0 Å². The summed E-state index contributed by atoms with van der Waals surface area (Å²) in [5.41, 5.74) is 0. The van der Waals surface area contributed by atoms with E-state index < -0.39 is 16.1 Å². The van der Waals surface area contributed by atoms with Gasteiger partial charge in [-0.25, -0.2) is 13.1 Å². The standard InChI is InChI=1S/C15H25NO4S/c1-4-12(5-2)15(17)11-16-21(18,19)14-9-7-13(8-10-14)20-6-3/h7-10,12,15-17H,4-6,11H2,1-3H3. The zero-order chi connectivity index (χ0) is 15.9. The summed E-state index contributed by atoms with van der Waals surface area (Å²) in [5.74, 6) is 0.738. The molecule has 0 spiro atoms. The molecule has 0 aliphatic rings. The summed E-state index contributed by atoms with van der Waals surface area (Å²) < 4.78 is 32.0. The van der Waals surface area contributed by atoms with E-state index in [9.17, 15) is 13.5 Å². The molecule has 1 unspecified atom stereocenters. The molecule has 1 atom stereocenters. The fourth-order valence-corrected chi connectivity index (χ4v) is 3.21. The molecule has 0 saturated carbocycles. The summed E-state index contributed by atoms with van der Waals surface area (Å²) in [4.78, 5) is 0.169. The summed E-state index contributed by atoms with van der Waals surface area (Å²) in [7, 11) is -3.60. The van der Waals surface area contributed by atoms with E-state index in [0.29, 0.717) is 12.4 Å². The Bertz CT molecular complexity index is 509. The first-order valence-corrected chi connectivity index (χ1v) is 8.83. The lowest BCUT2D eigenvalue weighted by molar-refractivity contribution is 0.107. The van der Waals surface area contributed by atoms with Gasteiger partial charge in [0.25, 0.3) is 0 Å². The van der Waals surface area contributed by atoms with Crippen LogP contribution >= 0.6 is 0 Å². The van der Waals surface area contributed by atoms with Gasteiger partial charge in [0.05, 0.1) is 17.6 Å². The Morgan fingerprint density at radius 2 is 1.71 bits per heavy atom. The molecule has 1 aromatic carbocycles. The minimum Gasteiger partial charge on any atom is -0.494 e. The Hall–Kier alpha value is -1.11. The lowest BCUT2D eigenvalue weighted by atomic mass is 9.97. The van der Waals surface area contributed by atoms with Crippen LogP contribution < -0.4 is 9.46 Å². The van der Waals surface area contributed by atoms with E-state index in [0.717, 1.165) is 12.8 Å². The number of nitrogens with one attached hydrogen (secondary N) is 1. The summed E-state index contributed by atoms with van der Waals surface area (Å²) in [6.45, 7) is 6.40.